The van der Waals surface area contributed by atoms with Gasteiger partial charge in [0.15, 0.2) is 0 Å². The third-order valence-electron chi connectivity index (χ3n) is 1.59. The van der Waals surface area contributed by atoms with Gasteiger partial charge < -0.3 is 40.1 Å². The summed E-state index contributed by atoms with van der Waals surface area (Å²) in [5.41, 5.74) is 0. The largest absolute Gasteiger partial charge is 0.503 e. The van der Waals surface area contributed by atoms with Crippen LogP contribution in [0, 0.1) is 0 Å². The van der Waals surface area contributed by atoms with Crippen molar-refractivity contribution in [1.82, 2.24) is 0 Å². The van der Waals surface area contributed by atoms with E-state index in [1.807, 2.05) is 0 Å². The summed E-state index contributed by atoms with van der Waals surface area (Å²) in [4.78, 5) is 29.2. The van der Waals surface area contributed by atoms with Crippen LogP contribution in [0.3, 0.4) is 0 Å². The Kier molecular flexibility index (Phi) is 20.5. The van der Waals surface area contributed by atoms with Crippen LogP contribution in [0.5, 0.6) is 0 Å². The molecule has 2 atom stereocenters. The molecule has 2 unspecified atom stereocenters. The molecule has 0 rings (SSSR count). The quantitative estimate of drug-likeness (QED) is 0.216. The van der Waals surface area contributed by atoms with Crippen molar-refractivity contribution in [1.29, 1.82) is 0 Å². The van der Waals surface area contributed by atoms with Gasteiger partial charge in [0.1, 0.15) is 25.4 Å². The Hall–Kier alpha value is -2.47. The van der Waals surface area contributed by atoms with Gasteiger partial charge in [0.05, 0.1) is 13.2 Å². The predicted molar refractivity (Wildman–Crippen MR) is 79.2 cm³/mol. The molecule has 0 bridgehead atoms. The second-order valence-corrected chi connectivity index (χ2v) is 3.62. The third-order valence-corrected chi connectivity index (χ3v) is 1.59. The first-order chi connectivity index (χ1) is 11.1. The third kappa shape index (κ3) is 27.8. The van der Waals surface area contributed by atoms with Crippen molar-refractivity contribution < 1.29 is 54.5 Å². The van der Waals surface area contributed by atoms with Crippen LogP contribution in [0.1, 0.15) is 0 Å². The summed E-state index contributed by atoms with van der Waals surface area (Å²) in [5, 5.41) is 47.7. The predicted octanol–water partition coefficient (Wildman–Crippen LogP) is -1.64. The Morgan fingerprint density at radius 1 is 0.833 bits per heavy atom. The van der Waals surface area contributed by atoms with E-state index in [0.717, 1.165) is 12.2 Å². The fraction of sp³-hybridized carbons (Fsp3) is 0.462. The molecule has 0 aliphatic heterocycles. The van der Waals surface area contributed by atoms with Gasteiger partial charge in [-0.25, -0.2) is 14.4 Å². The number of ether oxygens (including phenoxy) is 2. The first-order valence-electron chi connectivity index (χ1n) is 6.22. The van der Waals surface area contributed by atoms with Crippen LogP contribution in [0.2, 0.25) is 0 Å². The van der Waals surface area contributed by atoms with E-state index in [1.165, 1.54) is 0 Å². The molecular formula is C13H22O11. The minimum Gasteiger partial charge on any atom is -0.460 e. The molecule has 0 aromatic carbocycles. The van der Waals surface area contributed by atoms with Gasteiger partial charge in [-0.2, -0.15) is 0 Å². The van der Waals surface area contributed by atoms with E-state index in [2.05, 4.69) is 22.6 Å². The zero-order valence-corrected chi connectivity index (χ0v) is 12.8. The summed E-state index contributed by atoms with van der Waals surface area (Å²) in [6.45, 7) is 5.08. The fourth-order valence-corrected chi connectivity index (χ4v) is 0.580. The van der Waals surface area contributed by atoms with Crippen molar-refractivity contribution in [3.63, 3.8) is 0 Å². The summed E-state index contributed by atoms with van der Waals surface area (Å²) in [6.07, 6.45) is -1.85. The average Bonchev–Trinajstić information content (AvgIpc) is 2.56. The molecule has 0 aromatic rings. The molecule has 0 aliphatic rings. The minimum absolute atomic E-state index is 0.193. The number of carbonyl (C=O) groups excluding carboxylic acids is 2. The van der Waals surface area contributed by atoms with E-state index >= 15 is 0 Å². The number of carbonyl (C=O) groups is 3. The highest BCUT2D eigenvalue weighted by Gasteiger charge is 2.04. The highest BCUT2D eigenvalue weighted by Crippen LogP contribution is 1.85. The van der Waals surface area contributed by atoms with E-state index < -0.39 is 43.5 Å². The number of rotatable bonds is 8. The molecule has 0 saturated carbocycles. The van der Waals surface area contributed by atoms with Gasteiger partial charge in [0, 0.05) is 12.2 Å². The van der Waals surface area contributed by atoms with Gasteiger partial charge in [-0.15, -0.1) is 0 Å². The van der Waals surface area contributed by atoms with Crippen molar-refractivity contribution in [3.8, 4) is 0 Å². The molecule has 24 heavy (non-hydrogen) atoms. The Balaban J connectivity index is -0.000000301. The zero-order valence-electron chi connectivity index (χ0n) is 12.8. The Morgan fingerprint density at radius 2 is 1.08 bits per heavy atom. The maximum atomic E-state index is 10.3. The maximum absolute atomic E-state index is 10.3. The van der Waals surface area contributed by atoms with Gasteiger partial charge in [-0.05, 0) is 0 Å². The molecular weight excluding hydrogens is 332 g/mol. The molecule has 0 aliphatic carbocycles. The number of hydrogen-bond donors (Lipinski definition) is 6. The molecule has 11 nitrogen and oxygen atoms in total. The summed E-state index contributed by atoms with van der Waals surface area (Å²) in [6, 6.07) is 0. The monoisotopic (exact) mass is 354 g/mol. The number of esters is 2. The van der Waals surface area contributed by atoms with Crippen molar-refractivity contribution in [2.45, 2.75) is 12.2 Å². The number of hydrogen-bond acceptors (Lipinski definition) is 9. The molecule has 0 spiro atoms. The molecule has 6 N–H and O–H groups in total. The first-order valence-corrected chi connectivity index (χ1v) is 6.22. The van der Waals surface area contributed by atoms with Crippen LogP contribution >= 0.6 is 0 Å². The second-order valence-electron chi connectivity index (χ2n) is 3.62. The van der Waals surface area contributed by atoms with E-state index in [1.54, 1.807) is 0 Å². The van der Waals surface area contributed by atoms with Gasteiger partial charge >= 0.3 is 18.1 Å². The van der Waals surface area contributed by atoms with E-state index in [9.17, 15) is 9.59 Å². The summed E-state index contributed by atoms with van der Waals surface area (Å²) < 4.78 is 8.75. The number of aliphatic hydroxyl groups excluding tert-OH is 4. The molecule has 0 fully saturated rings. The second kappa shape index (κ2) is 18.6. The van der Waals surface area contributed by atoms with Gasteiger partial charge in [-0.1, -0.05) is 13.2 Å². The summed E-state index contributed by atoms with van der Waals surface area (Å²) in [5.74, 6) is -1.21. The standard InChI is InChI=1S/2C6H10O4.CH2O3/c2*1-2-6(9)10-4-5(8)3-7;2-1(3)4/h2*2,5,7-8H,1,3-4H2;(H2,2,3,4). The Morgan fingerprint density at radius 3 is 1.25 bits per heavy atom. The summed E-state index contributed by atoms with van der Waals surface area (Å²) in [7, 11) is 0. The minimum atomic E-state index is -1.83. The lowest BCUT2D eigenvalue weighted by atomic mass is 10.4. The average molecular weight is 354 g/mol. The molecule has 140 valence electrons. The van der Waals surface area contributed by atoms with Gasteiger partial charge in [-0.3, -0.25) is 0 Å². The number of aliphatic hydroxyl groups is 4. The highest BCUT2D eigenvalue weighted by molar-refractivity contribution is 5.81. The zero-order chi connectivity index (χ0) is 19.5. The topological polar surface area (TPSA) is 191 Å². The molecule has 0 aromatic heterocycles. The van der Waals surface area contributed by atoms with Crippen molar-refractivity contribution in [2.24, 2.45) is 0 Å². The van der Waals surface area contributed by atoms with Crippen LogP contribution in [0.15, 0.2) is 25.3 Å². The first kappa shape index (κ1) is 26.4. The molecule has 0 radical (unpaired) electrons. The van der Waals surface area contributed by atoms with Gasteiger partial charge in [0.2, 0.25) is 0 Å². The summed E-state index contributed by atoms with van der Waals surface area (Å²) >= 11 is 0. The van der Waals surface area contributed by atoms with Crippen molar-refractivity contribution in [3.05, 3.63) is 25.3 Å². The maximum Gasteiger partial charge on any atom is 0.503 e. The highest BCUT2D eigenvalue weighted by atomic mass is 16.6. The van der Waals surface area contributed by atoms with Crippen LogP contribution < -0.4 is 0 Å². The lowest BCUT2D eigenvalue weighted by molar-refractivity contribution is -0.142. The smallest absolute Gasteiger partial charge is 0.460 e. The Labute approximate surface area is 137 Å². The van der Waals surface area contributed by atoms with Crippen LogP contribution in [0.25, 0.3) is 0 Å². The molecule has 0 amide bonds. The molecule has 0 saturated heterocycles. The number of carboxylic acid groups (broad SMARTS) is 2. The fourth-order valence-electron chi connectivity index (χ4n) is 0.580. The van der Waals surface area contributed by atoms with Gasteiger partial charge in [0.25, 0.3) is 0 Å². The SMILES string of the molecule is C=CC(=O)OCC(O)CO.C=CC(=O)OCC(O)CO.O=C(O)O. The van der Waals surface area contributed by atoms with Crippen molar-refractivity contribution >= 4 is 18.1 Å². The van der Waals surface area contributed by atoms with E-state index in [4.69, 9.17) is 35.4 Å². The van der Waals surface area contributed by atoms with E-state index in [0.29, 0.717) is 0 Å². The lowest BCUT2D eigenvalue weighted by Gasteiger charge is -2.05. The lowest BCUT2D eigenvalue weighted by Crippen LogP contribution is -2.21. The molecule has 0 heterocycles. The molecule has 11 heteroatoms. The van der Waals surface area contributed by atoms with Crippen LogP contribution in [-0.2, 0) is 19.1 Å². The normalized spacial score (nSPS) is 11.2. The Bertz CT molecular complexity index is 346. The van der Waals surface area contributed by atoms with Crippen LogP contribution in [0.4, 0.5) is 4.79 Å². The van der Waals surface area contributed by atoms with Crippen molar-refractivity contribution in [2.75, 3.05) is 26.4 Å². The van der Waals surface area contributed by atoms with Crippen LogP contribution in [-0.4, -0.2) is 87.4 Å². The van der Waals surface area contributed by atoms with E-state index in [-0.39, 0.29) is 13.2 Å².